The Balaban J connectivity index is 2.93. The van der Waals surface area contributed by atoms with Crippen LogP contribution in [0.1, 0.15) is 23.7 Å². The summed E-state index contributed by atoms with van der Waals surface area (Å²) in [5.41, 5.74) is 0.342. The van der Waals surface area contributed by atoms with Crippen molar-refractivity contribution in [3.05, 3.63) is 28.2 Å². The fraction of sp³-hybridized carbons (Fsp3) is 0.333. The molecule has 0 heterocycles. The molecule has 0 spiro atoms. The quantitative estimate of drug-likeness (QED) is 0.872. The zero-order chi connectivity index (χ0) is 13.7. The van der Waals surface area contributed by atoms with E-state index in [9.17, 15) is 9.59 Å². The Labute approximate surface area is 113 Å². The second-order valence-corrected chi connectivity index (χ2v) is 4.47. The van der Waals surface area contributed by atoms with E-state index in [1.165, 1.54) is 7.11 Å². The van der Waals surface area contributed by atoms with Crippen molar-refractivity contribution in [1.29, 1.82) is 0 Å². The van der Waals surface area contributed by atoms with Crippen molar-refractivity contribution in [2.75, 3.05) is 7.11 Å². The topological polar surface area (TPSA) is 75.6 Å². The van der Waals surface area contributed by atoms with Gasteiger partial charge in [0, 0.05) is 4.47 Å². The number of nitrogens with one attached hydrogen (secondary N) is 1. The van der Waals surface area contributed by atoms with E-state index in [4.69, 9.17) is 9.84 Å². The number of ether oxygens (including phenoxy) is 1. The van der Waals surface area contributed by atoms with Gasteiger partial charge in [-0.05, 0) is 40.5 Å². The van der Waals surface area contributed by atoms with Gasteiger partial charge in [-0.2, -0.15) is 0 Å². The van der Waals surface area contributed by atoms with Crippen LogP contribution in [0.2, 0.25) is 0 Å². The van der Waals surface area contributed by atoms with Crippen molar-refractivity contribution < 1.29 is 19.4 Å². The average molecular weight is 316 g/mol. The molecule has 98 valence electrons. The minimum absolute atomic E-state index is 0.322. The number of carbonyl (C=O) groups excluding carboxylic acids is 1. The molecule has 18 heavy (non-hydrogen) atoms. The molecule has 0 aromatic heterocycles. The van der Waals surface area contributed by atoms with Crippen molar-refractivity contribution in [3.8, 4) is 5.75 Å². The van der Waals surface area contributed by atoms with Crippen LogP contribution in [0, 0.1) is 0 Å². The minimum Gasteiger partial charge on any atom is -0.497 e. The van der Waals surface area contributed by atoms with E-state index in [1.807, 2.05) is 0 Å². The van der Waals surface area contributed by atoms with E-state index in [2.05, 4.69) is 21.2 Å². The average Bonchev–Trinajstić information content (AvgIpc) is 2.35. The van der Waals surface area contributed by atoms with Gasteiger partial charge in [0.1, 0.15) is 11.8 Å². The maximum Gasteiger partial charge on any atom is 0.326 e. The standard InChI is InChI=1S/C12H14BrNO4/c1-3-10(12(16)17)14-11(15)8-6-7(18-2)4-5-9(8)13/h4-6,10H,3H2,1-2H3,(H,14,15)(H,16,17). The predicted octanol–water partition coefficient (Wildman–Crippen LogP) is 2.05. The number of amides is 1. The maximum absolute atomic E-state index is 11.9. The summed E-state index contributed by atoms with van der Waals surface area (Å²) in [6.07, 6.45) is 0.322. The van der Waals surface area contributed by atoms with Crippen LogP contribution in [0.15, 0.2) is 22.7 Å². The highest BCUT2D eigenvalue weighted by atomic mass is 79.9. The smallest absolute Gasteiger partial charge is 0.326 e. The van der Waals surface area contributed by atoms with E-state index in [0.29, 0.717) is 22.2 Å². The fourth-order valence-corrected chi connectivity index (χ4v) is 1.81. The van der Waals surface area contributed by atoms with Crippen LogP contribution in [-0.4, -0.2) is 30.1 Å². The van der Waals surface area contributed by atoms with Crippen LogP contribution < -0.4 is 10.1 Å². The number of hydrogen-bond donors (Lipinski definition) is 2. The van der Waals surface area contributed by atoms with Crippen LogP contribution in [0.25, 0.3) is 0 Å². The Morgan fingerprint density at radius 1 is 1.50 bits per heavy atom. The Morgan fingerprint density at radius 3 is 2.67 bits per heavy atom. The summed E-state index contributed by atoms with van der Waals surface area (Å²) in [6, 6.07) is 4.04. The van der Waals surface area contributed by atoms with Crippen LogP contribution in [0.5, 0.6) is 5.75 Å². The lowest BCUT2D eigenvalue weighted by Gasteiger charge is -2.13. The molecule has 2 N–H and O–H groups in total. The third-order valence-corrected chi connectivity index (χ3v) is 3.12. The Bertz CT molecular complexity index is 461. The van der Waals surface area contributed by atoms with Crippen LogP contribution >= 0.6 is 15.9 Å². The molecule has 1 aromatic rings. The number of carboxylic acids is 1. The Kier molecular flexibility index (Phi) is 5.15. The van der Waals surface area contributed by atoms with Gasteiger partial charge < -0.3 is 15.2 Å². The van der Waals surface area contributed by atoms with E-state index >= 15 is 0 Å². The first-order chi connectivity index (χ1) is 8.49. The lowest BCUT2D eigenvalue weighted by molar-refractivity contribution is -0.139. The summed E-state index contributed by atoms with van der Waals surface area (Å²) in [6.45, 7) is 1.69. The molecule has 1 rings (SSSR count). The third kappa shape index (κ3) is 3.46. The molecular formula is C12H14BrNO4. The van der Waals surface area contributed by atoms with Gasteiger partial charge in [0.2, 0.25) is 0 Å². The number of hydrogen-bond acceptors (Lipinski definition) is 3. The first-order valence-corrected chi connectivity index (χ1v) is 6.16. The van der Waals surface area contributed by atoms with Gasteiger partial charge in [-0.15, -0.1) is 0 Å². The van der Waals surface area contributed by atoms with E-state index in [1.54, 1.807) is 25.1 Å². The van der Waals surface area contributed by atoms with Gasteiger partial charge in [-0.1, -0.05) is 6.92 Å². The lowest BCUT2D eigenvalue weighted by atomic mass is 10.1. The van der Waals surface area contributed by atoms with Crippen molar-refractivity contribution in [2.45, 2.75) is 19.4 Å². The van der Waals surface area contributed by atoms with Crippen molar-refractivity contribution in [2.24, 2.45) is 0 Å². The molecule has 5 nitrogen and oxygen atoms in total. The number of rotatable bonds is 5. The summed E-state index contributed by atoms with van der Waals surface area (Å²) >= 11 is 3.25. The van der Waals surface area contributed by atoms with E-state index < -0.39 is 17.9 Å². The molecule has 0 aliphatic rings. The van der Waals surface area contributed by atoms with Crippen molar-refractivity contribution in [1.82, 2.24) is 5.32 Å². The summed E-state index contributed by atoms with van der Waals surface area (Å²) < 4.78 is 5.61. The van der Waals surface area contributed by atoms with Gasteiger partial charge in [0.25, 0.3) is 5.91 Å². The molecule has 0 saturated carbocycles. The summed E-state index contributed by atoms with van der Waals surface area (Å²) in [5.74, 6) is -0.966. The molecule has 0 saturated heterocycles. The van der Waals surface area contributed by atoms with Crippen molar-refractivity contribution >= 4 is 27.8 Å². The molecule has 0 radical (unpaired) electrons. The number of carboxylic acid groups (broad SMARTS) is 1. The summed E-state index contributed by atoms with van der Waals surface area (Å²) in [4.78, 5) is 22.8. The Morgan fingerprint density at radius 2 is 2.17 bits per heavy atom. The zero-order valence-electron chi connectivity index (χ0n) is 10.1. The highest BCUT2D eigenvalue weighted by molar-refractivity contribution is 9.10. The second kappa shape index (κ2) is 6.39. The number of halogens is 1. The van der Waals surface area contributed by atoms with Gasteiger partial charge in [0.05, 0.1) is 12.7 Å². The molecule has 6 heteroatoms. The number of methoxy groups -OCH3 is 1. The SMILES string of the molecule is CCC(NC(=O)c1cc(OC)ccc1Br)C(=O)O. The minimum atomic E-state index is -1.05. The van der Waals surface area contributed by atoms with Crippen molar-refractivity contribution in [3.63, 3.8) is 0 Å². The molecule has 0 fully saturated rings. The first-order valence-electron chi connectivity index (χ1n) is 5.36. The molecule has 0 aliphatic heterocycles. The van der Waals surface area contributed by atoms with Crippen LogP contribution in [-0.2, 0) is 4.79 Å². The molecule has 0 bridgehead atoms. The summed E-state index contributed by atoms with van der Waals surface area (Å²) in [7, 11) is 1.50. The predicted molar refractivity (Wildman–Crippen MR) is 69.9 cm³/mol. The van der Waals surface area contributed by atoms with Gasteiger partial charge in [-0.25, -0.2) is 4.79 Å². The van der Waals surface area contributed by atoms with E-state index in [0.717, 1.165) is 0 Å². The van der Waals surface area contributed by atoms with E-state index in [-0.39, 0.29) is 0 Å². The second-order valence-electron chi connectivity index (χ2n) is 3.62. The highest BCUT2D eigenvalue weighted by Crippen LogP contribution is 2.22. The fourth-order valence-electron chi connectivity index (χ4n) is 1.38. The van der Waals surface area contributed by atoms with Crippen LogP contribution in [0.3, 0.4) is 0 Å². The largest absolute Gasteiger partial charge is 0.497 e. The number of aliphatic carboxylic acids is 1. The first kappa shape index (κ1) is 14.5. The van der Waals surface area contributed by atoms with Gasteiger partial charge in [-0.3, -0.25) is 4.79 Å². The molecule has 1 atom stereocenters. The summed E-state index contributed by atoms with van der Waals surface area (Å²) in [5, 5.41) is 11.3. The third-order valence-electron chi connectivity index (χ3n) is 2.43. The van der Waals surface area contributed by atoms with Gasteiger partial charge in [0.15, 0.2) is 0 Å². The Hall–Kier alpha value is -1.56. The monoisotopic (exact) mass is 315 g/mol. The molecular weight excluding hydrogens is 302 g/mol. The van der Waals surface area contributed by atoms with Gasteiger partial charge >= 0.3 is 5.97 Å². The molecule has 1 aromatic carbocycles. The number of benzene rings is 1. The molecule has 0 aliphatic carbocycles. The molecule has 1 unspecified atom stereocenters. The number of carbonyl (C=O) groups is 2. The lowest BCUT2D eigenvalue weighted by Crippen LogP contribution is -2.40. The highest BCUT2D eigenvalue weighted by Gasteiger charge is 2.20. The maximum atomic E-state index is 11.9. The molecule has 1 amide bonds. The zero-order valence-corrected chi connectivity index (χ0v) is 11.7. The van der Waals surface area contributed by atoms with Crippen LogP contribution in [0.4, 0.5) is 0 Å². The normalized spacial score (nSPS) is 11.7.